The Hall–Kier alpha value is -2.66. The second-order valence-corrected chi connectivity index (χ2v) is 5.54. The summed E-state index contributed by atoms with van der Waals surface area (Å²) in [6.07, 6.45) is -0.730. The zero-order chi connectivity index (χ0) is 17.5. The van der Waals surface area contributed by atoms with Crippen LogP contribution < -0.4 is 0 Å². The number of benzene rings is 2. The van der Waals surface area contributed by atoms with Crippen molar-refractivity contribution in [3.05, 3.63) is 59.7 Å². The SMILES string of the molecule is CC(=NCC(O)CN=C(C)c1ccccc1O)c1ccccc1O. The third kappa shape index (κ3) is 4.67. The van der Waals surface area contributed by atoms with E-state index < -0.39 is 6.10 Å². The number of rotatable bonds is 6. The molecule has 5 heteroatoms. The minimum absolute atomic E-state index is 0.168. The van der Waals surface area contributed by atoms with Crippen LogP contribution in [0.25, 0.3) is 0 Å². The second kappa shape index (κ2) is 8.26. The summed E-state index contributed by atoms with van der Waals surface area (Å²) in [5.74, 6) is 0.336. The van der Waals surface area contributed by atoms with E-state index in [1.54, 1.807) is 50.2 Å². The van der Waals surface area contributed by atoms with Crippen molar-refractivity contribution in [3.63, 3.8) is 0 Å². The average molecular weight is 326 g/mol. The maximum atomic E-state index is 10.0. The fraction of sp³-hybridized carbons (Fsp3) is 0.263. The first-order valence-electron chi connectivity index (χ1n) is 7.76. The third-order valence-corrected chi connectivity index (χ3v) is 3.67. The van der Waals surface area contributed by atoms with E-state index in [0.29, 0.717) is 22.6 Å². The number of aromatic hydroxyl groups is 2. The molecule has 2 rings (SSSR count). The molecule has 0 bridgehead atoms. The zero-order valence-electron chi connectivity index (χ0n) is 13.8. The number of para-hydroxylation sites is 2. The molecule has 2 aromatic rings. The highest BCUT2D eigenvalue weighted by Crippen LogP contribution is 2.17. The minimum atomic E-state index is -0.730. The summed E-state index contributed by atoms with van der Waals surface area (Å²) >= 11 is 0. The van der Waals surface area contributed by atoms with Gasteiger partial charge in [0, 0.05) is 22.6 Å². The van der Waals surface area contributed by atoms with E-state index in [2.05, 4.69) is 9.98 Å². The molecule has 0 fully saturated rings. The van der Waals surface area contributed by atoms with Gasteiger partial charge in [0.15, 0.2) is 0 Å². The van der Waals surface area contributed by atoms with Gasteiger partial charge in [-0.2, -0.15) is 0 Å². The average Bonchev–Trinajstić information content (AvgIpc) is 2.58. The summed E-state index contributed by atoms with van der Waals surface area (Å²) in [6.45, 7) is 3.96. The fourth-order valence-corrected chi connectivity index (χ4v) is 2.27. The van der Waals surface area contributed by atoms with Gasteiger partial charge in [0.05, 0.1) is 19.2 Å². The summed E-state index contributed by atoms with van der Waals surface area (Å²) in [7, 11) is 0. The van der Waals surface area contributed by atoms with E-state index in [1.807, 2.05) is 12.1 Å². The van der Waals surface area contributed by atoms with Gasteiger partial charge in [-0.3, -0.25) is 9.98 Å². The van der Waals surface area contributed by atoms with Crippen molar-refractivity contribution >= 4 is 11.4 Å². The van der Waals surface area contributed by atoms with Gasteiger partial charge in [0.25, 0.3) is 0 Å². The molecule has 3 N–H and O–H groups in total. The highest BCUT2D eigenvalue weighted by Gasteiger charge is 2.07. The molecule has 24 heavy (non-hydrogen) atoms. The molecule has 0 aliphatic carbocycles. The lowest BCUT2D eigenvalue weighted by molar-refractivity contribution is 0.192. The van der Waals surface area contributed by atoms with Gasteiger partial charge < -0.3 is 15.3 Å². The Morgan fingerprint density at radius 3 is 1.54 bits per heavy atom. The fourth-order valence-electron chi connectivity index (χ4n) is 2.27. The molecule has 0 radical (unpaired) electrons. The summed E-state index contributed by atoms with van der Waals surface area (Å²) in [6, 6.07) is 13.9. The van der Waals surface area contributed by atoms with Crippen LogP contribution >= 0.6 is 0 Å². The Morgan fingerprint density at radius 1 is 0.792 bits per heavy atom. The van der Waals surface area contributed by atoms with Crippen molar-refractivity contribution in [3.8, 4) is 11.5 Å². The van der Waals surface area contributed by atoms with Crippen LogP contribution in [0.15, 0.2) is 58.5 Å². The molecule has 0 unspecified atom stereocenters. The molecule has 0 atom stereocenters. The number of nitrogens with zero attached hydrogens (tertiary/aromatic N) is 2. The molecule has 0 heterocycles. The highest BCUT2D eigenvalue weighted by molar-refractivity contribution is 6.01. The second-order valence-electron chi connectivity index (χ2n) is 5.54. The summed E-state index contributed by atoms with van der Waals surface area (Å²) in [4.78, 5) is 8.62. The Labute approximate surface area is 141 Å². The molecule has 0 amide bonds. The van der Waals surface area contributed by atoms with Crippen molar-refractivity contribution in [2.75, 3.05) is 13.1 Å². The molecule has 5 nitrogen and oxygen atoms in total. The lowest BCUT2D eigenvalue weighted by Crippen LogP contribution is -2.17. The maximum absolute atomic E-state index is 10.0. The van der Waals surface area contributed by atoms with E-state index in [0.717, 1.165) is 0 Å². The van der Waals surface area contributed by atoms with Gasteiger partial charge in [0.2, 0.25) is 0 Å². The van der Waals surface area contributed by atoms with Crippen LogP contribution in [-0.2, 0) is 0 Å². The predicted octanol–water partition coefficient (Wildman–Crippen LogP) is 2.78. The number of hydrogen-bond acceptors (Lipinski definition) is 5. The number of aliphatic hydroxyl groups excluding tert-OH is 1. The van der Waals surface area contributed by atoms with Gasteiger partial charge in [-0.05, 0) is 38.1 Å². The molecule has 0 spiro atoms. The molecule has 0 saturated carbocycles. The van der Waals surface area contributed by atoms with Crippen LogP contribution in [0.4, 0.5) is 0 Å². The third-order valence-electron chi connectivity index (χ3n) is 3.67. The molecule has 0 aromatic heterocycles. The number of phenolic OH excluding ortho intramolecular Hbond substituents is 2. The van der Waals surface area contributed by atoms with E-state index in [4.69, 9.17) is 0 Å². The predicted molar refractivity (Wildman–Crippen MR) is 96.4 cm³/mol. The van der Waals surface area contributed by atoms with Crippen LogP contribution in [0.5, 0.6) is 11.5 Å². The number of aliphatic hydroxyl groups is 1. The topological polar surface area (TPSA) is 85.4 Å². The van der Waals surface area contributed by atoms with E-state index in [-0.39, 0.29) is 24.6 Å². The first-order chi connectivity index (χ1) is 11.5. The van der Waals surface area contributed by atoms with Gasteiger partial charge in [-0.25, -0.2) is 0 Å². The van der Waals surface area contributed by atoms with E-state index in [9.17, 15) is 15.3 Å². The zero-order valence-corrected chi connectivity index (χ0v) is 13.8. The Morgan fingerprint density at radius 2 is 1.17 bits per heavy atom. The lowest BCUT2D eigenvalue weighted by atomic mass is 10.1. The number of aliphatic imine (C=N–C) groups is 2. The molecular weight excluding hydrogens is 304 g/mol. The Kier molecular flexibility index (Phi) is 6.09. The van der Waals surface area contributed by atoms with Crippen LogP contribution in [0.1, 0.15) is 25.0 Å². The van der Waals surface area contributed by atoms with Gasteiger partial charge >= 0.3 is 0 Å². The monoisotopic (exact) mass is 326 g/mol. The number of hydrogen-bond donors (Lipinski definition) is 3. The highest BCUT2D eigenvalue weighted by atomic mass is 16.3. The molecular formula is C19H22N2O3. The quantitative estimate of drug-likeness (QED) is 0.714. The molecule has 0 saturated heterocycles. The van der Waals surface area contributed by atoms with Gasteiger partial charge in [-0.1, -0.05) is 24.3 Å². The Balaban J connectivity index is 1.97. The first-order valence-corrected chi connectivity index (χ1v) is 7.76. The van der Waals surface area contributed by atoms with Crippen LogP contribution in [0.2, 0.25) is 0 Å². The van der Waals surface area contributed by atoms with E-state index in [1.165, 1.54) is 0 Å². The largest absolute Gasteiger partial charge is 0.507 e. The summed E-state index contributed by atoms with van der Waals surface area (Å²) in [5.41, 5.74) is 2.62. The summed E-state index contributed by atoms with van der Waals surface area (Å²) < 4.78 is 0. The molecule has 0 aliphatic heterocycles. The van der Waals surface area contributed by atoms with Crippen molar-refractivity contribution in [1.29, 1.82) is 0 Å². The minimum Gasteiger partial charge on any atom is -0.507 e. The standard InChI is InChI=1S/C19H22N2O3/c1-13(16-7-3-5-9-18(16)23)20-11-15(22)12-21-14(2)17-8-4-6-10-19(17)24/h3-10,15,22-24H,11-12H2,1-2H3. The van der Waals surface area contributed by atoms with Crippen molar-refractivity contribution in [2.24, 2.45) is 9.98 Å². The molecule has 0 aliphatic rings. The molecule has 126 valence electrons. The van der Waals surface area contributed by atoms with Crippen LogP contribution in [0.3, 0.4) is 0 Å². The van der Waals surface area contributed by atoms with Crippen molar-refractivity contribution in [2.45, 2.75) is 20.0 Å². The number of phenols is 2. The van der Waals surface area contributed by atoms with Gasteiger partial charge in [0.1, 0.15) is 11.5 Å². The first kappa shape index (κ1) is 17.7. The smallest absolute Gasteiger partial charge is 0.124 e. The summed E-state index contributed by atoms with van der Waals surface area (Å²) in [5, 5.41) is 29.6. The van der Waals surface area contributed by atoms with Crippen LogP contribution in [-0.4, -0.2) is 45.9 Å². The van der Waals surface area contributed by atoms with Crippen molar-refractivity contribution in [1.82, 2.24) is 0 Å². The van der Waals surface area contributed by atoms with Crippen LogP contribution in [0, 0.1) is 0 Å². The molecule has 2 aromatic carbocycles. The van der Waals surface area contributed by atoms with Crippen molar-refractivity contribution < 1.29 is 15.3 Å². The maximum Gasteiger partial charge on any atom is 0.124 e. The normalized spacial score (nSPS) is 13.8. The van der Waals surface area contributed by atoms with Gasteiger partial charge in [-0.15, -0.1) is 0 Å². The Bertz CT molecular complexity index is 690. The lowest BCUT2D eigenvalue weighted by Gasteiger charge is -2.09. The van der Waals surface area contributed by atoms with E-state index >= 15 is 0 Å².